The fraction of sp³-hybridized carbons (Fsp3) is 0.842. The fourth-order valence-corrected chi connectivity index (χ4v) is 3.98. The molecule has 1 saturated heterocycles. The Bertz CT molecular complexity index is 560. The van der Waals surface area contributed by atoms with Crippen molar-refractivity contribution >= 4 is 5.78 Å². The Morgan fingerprint density at radius 2 is 1.89 bits per heavy atom. The van der Waals surface area contributed by atoms with Crippen LogP contribution in [0.15, 0.2) is 12.2 Å². The minimum Gasteiger partial charge on any atom is -0.394 e. The molecule has 0 amide bonds. The lowest BCUT2D eigenvalue weighted by molar-refractivity contribution is -0.306. The molecule has 156 valence electrons. The maximum Gasteiger partial charge on any atom is 0.187 e. The molecule has 8 heteroatoms. The number of rotatable bonds is 5. The minimum absolute atomic E-state index is 0.121. The lowest BCUT2D eigenvalue weighted by Crippen LogP contribution is -2.59. The average Bonchev–Trinajstić information content (AvgIpc) is 2.58. The Morgan fingerprint density at radius 3 is 2.44 bits per heavy atom. The molecule has 0 radical (unpaired) electrons. The van der Waals surface area contributed by atoms with Crippen LogP contribution in [0.5, 0.6) is 0 Å². The van der Waals surface area contributed by atoms with Gasteiger partial charge in [0.15, 0.2) is 6.29 Å². The topological polar surface area (TPSA) is 137 Å². The van der Waals surface area contributed by atoms with Crippen LogP contribution in [0.2, 0.25) is 0 Å². The van der Waals surface area contributed by atoms with Crippen molar-refractivity contribution in [1.29, 1.82) is 0 Å². The zero-order valence-corrected chi connectivity index (χ0v) is 16.3. The van der Waals surface area contributed by atoms with Gasteiger partial charge in [-0.05, 0) is 12.8 Å². The van der Waals surface area contributed by atoms with E-state index in [4.69, 9.17) is 9.47 Å². The number of hydrogen-bond acceptors (Lipinski definition) is 8. The molecule has 2 aliphatic rings. The quantitative estimate of drug-likeness (QED) is 0.398. The zero-order chi connectivity index (χ0) is 20.6. The lowest BCUT2D eigenvalue weighted by Gasteiger charge is -2.48. The highest BCUT2D eigenvalue weighted by atomic mass is 16.7. The van der Waals surface area contributed by atoms with Gasteiger partial charge in [0.1, 0.15) is 30.2 Å². The summed E-state index contributed by atoms with van der Waals surface area (Å²) in [6, 6.07) is 0. The van der Waals surface area contributed by atoms with Crippen molar-refractivity contribution in [3.63, 3.8) is 0 Å². The highest BCUT2D eigenvalue weighted by Gasteiger charge is 2.50. The zero-order valence-electron chi connectivity index (χ0n) is 16.3. The Labute approximate surface area is 159 Å². The molecule has 1 aliphatic heterocycles. The molecular formula is C19H32O8. The molecule has 1 heterocycles. The van der Waals surface area contributed by atoms with Crippen LogP contribution >= 0.6 is 0 Å². The Balaban J connectivity index is 2.08. The molecule has 1 aliphatic carbocycles. The lowest BCUT2D eigenvalue weighted by atomic mass is 9.60. The molecule has 2 rings (SSSR count). The molecule has 27 heavy (non-hydrogen) atoms. The SMILES string of the molecule is C[C@@H](/C=C/[C@@]1(O)[C@@H](C)CC(=O)CC1(C)C)O[C@@H]1O[C@@H](CO)[C@@H](O)[C@@H](O)[C@@H]1O. The van der Waals surface area contributed by atoms with Crippen LogP contribution in [0.4, 0.5) is 0 Å². The first-order valence-corrected chi connectivity index (χ1v) is 9.32. The second kappa shape index (κ2) is 8.24. The first-order chi connectivity index (χ1) is 12.4. The van der Waals surface area contributed by atoms with E-state index >= 15 is 0 Å². The smallest absolute Gasteiger partial charge is 0.187 e. The molecule has 0 unspecified atom stereocenters. The summed E-state index contributed by atoms with van der Waals surface area (Å²) in [6.07, 6.45) is -3.51. The van der Waals surface area contributed by atoms with Crippen LogP contribution in [0, 0.1) is 11.3 Å². The first-order valence-electron chi connectivity index (χ1n) is 9.32. The molecule has 0 spiro atoms. The van der Waals surface area contributed by atoms with E-state index in [1.807, 2.05) is 20.8 Å². The van der Waals surface area contributed by atoms with Crippen molar-refractivity contribution in [1.82, 2.24) is 0 Å². The number of ketones is 1. The van der Waals surface area contributed by atoms with Crippen LogP contribution in [-0.4, -0.2) is 80.3 Å². The van der Waals surface area contributed by atoms with Crippen molar-refractivity contribution in [2.75, 3.05) is 6.61 Å². The molecule has 8 atom stereocenters. The van der Waals surface area contributed by atoms with Gasteiger partial charge in [0.25, 0.3) is 0 Å². The molecule has 8 nitrogen and oxygen atoms in total. The third-order valence-electron chi connectivity index (χ3n) is 5.83. The van der Waals surface area contributed by atoms with Gasteiger partial charge >= 0.3 is 0 Å². The summed E-state index contributed by atoms with van der Waals surface area (Å²) in [5, 5.41) is 50.1. The van der Waals surface area contributed by atoms with Crippen LogP contribution < -0.4 is 0 Å². The van der Waals surface area contributed by atoms with Gasteiger partial charge in [-0.3, -0.25) is 4.79 Å². The molecule has 0 aromatic heterocycles. The Morgan fingerprint density at radius 1 is 1.26 bits per heavy atom. The number of carbonyl (C=O) groups excluding carboxylic acids is 1. The van der Waals surface area contributed by atoms with Gasteiger partial charge in [-0.25, -0.2) is 0 Å². The highest BCUT2D eigenvalue weighted by molar-refractivity contribution is 5.81. The number of carbonyl (C=O) groups is 1. The van der Waals surface area contributed by atoms with Gasteiger partial charge in [-0.2, -0.15) is 0 Å². The third kappa shape index (κ3) is 4.42. The molecule has 2 fully saturated rings. The molecular weight excluding hydrogens is 356 g/mol. The van der Waals surface area contributed by atoms with E-state index in [-0.39, 0.29) is 18.1 Å². The van der Waals surface area contributed by atoms with Crippen molar-refractivity contribution in [2.24, 2.45) is 11.3 Å². The molecule has 5 N–H and O–H groups in total. The monoisotopic (exact) mass is 388 g/mol. The molecule has 0 aromatic rings. The van der Waals surface area contributed by atoms with Gasteiger partial charge in [-0.15, -0.1) is 0 Å². The third-order valence-corrected chi connectivity index (χ3v) is 5.83. The summed E-state index contributed by atoms with van der Waals surface area (Å²) in [4.78, 5) is 11.9. The van der Waals surface area contributed by atoms with Gasteiger partial charge in [0.2, 0.25) is 0 Å². The maximum absolute atomic E-state index is 11.9. The van der Waals surface area contributed by atoms with Crippen LogP contribution in [0.1, 0.15) is 40.5 Å². The van der Waals surface area contributed by atoms with Crippen LogP contribution in [-0.2, 0) is 14.3 Å². The van der Waals surface area contributed by atoms with E-state index in [1.165, 1.54) is 0 Å². The van der Waals surface area contributed by atoms with E-state index in [9.17, 15) is 30.3 Å². The van der Waals surface area contributed by atoms with Crippen molar-refractivity contribution in [3.8, 4) is 0 Å². The van der Waals surface area contributed by atoms with Crippen LogP contribution in [0.3, 0.4) is 0 Å². The van der Waals surface area contributed by atoms with Gasteiger partial charge in [0.05, 0.1) is 18.3 Å². The molecule has 1 saturated carbocycles. The Kier molecular flexibility index (Phi) is 6.85. The van der Waals surface area contributed by atoms with E-state index in [0.717, 1.165) is 0 Å². The highest BCUT2D eigenvalue weighted by Crippen LogP contribution is 2.46. The maximum atomic E-state index is 11.9. The summed E-state index contributed by atoms with van der Waals surface area (Å²) in [7, 11) is 0. The standard InChI is InChI=1S/C19H32O8/c1-10-7-12(21)8-18(3,4)19(10,25)6-5-11(2)26-17-16(24)15(23)14(22)13(9-20)27-17/h5-6,10-11,13-17,20,22-25H,7-9H2,1-4H3/b6-5+/t10-,11-,13-,14+,15+,16-,17+,19+/m0/s1. The Hall–Kier alpha value is -0.870. The average molecular weight is 388 g/mol. The summed E-state index contributed by atoms with van der Waals surface area (Å²) in [5.41, 5.74) is -1.84. The number of aliphatic hydroxyl groups is 5. The number of Topliss-reactive ketones (excluding diaryl/α,β-unsaturated/α-hetero) is 1. The van der Waals surface area contributed by atoms with E-state index < -0.39 is 54.4 Å². The predicted octanol–water partition coefficient (Wildman–Crippen LogP) is -0.496. The molecule has 0 aromatic carbocycles. The molecule has 0 bridgehead atoms. The van der Waals surface area contributed by atoms with Gasteiger partial charge in [0, 0.05) is 18.3 Å². The normalized spacial score (nSPS) is 43.8. The van der Waals surface area contributed by atoms with Crippen LogP contribution in [0.25, 0.3) is 0 Å². The second-order valence-corrected chi connectivity index (χ2v) is 8.43. The number of ether oxygens (including phenoxy) is 2. The number of hydrogen-bond donors (Lipinski definition) is 5. The summed E-state index contributed by atoms with van der Waals surface area (Å²) in [6.45, 7) is 6.65. The van der Waals surface area contributed by atoms with E-state index in [2.05, 4.69) is 0 Å². The van der Waals surface area contributed by atoms with E-state index in [1.54, 1.807) is 19.1 Å². The van der Waals surface area contributed by atoms with Crippen molar-refractivity contribution in [3.05, 3.63) is 12.2 Å². The van der Waals surface area contributed by atoms with Crippen molar-refractivity contribution in [2.45, 2.75) is 82.9 Å². The van der Waals surface area contributed by atoms with Gasteiger partial charge in [-0.1, -0.05) is 32.9 Å². The van der Waals surface area contributed by atoms with Crippen molar-refractivity contribution < 1.29 is 39.8 Å². The van der Waals surface area contributed by atoms with Gasteiger partial charge < -0.3 is 35.0 Å². The second-order valence-electron chi connectivity index (χ2n) is 8.43. The largest absolute Gasteiger partial charge is 0.394 e. The summed E-state index contributed by atoms with van der Waals surface area (Å²) in [5.74, 6) is -0.138. The van der Waals surface area contributed by atoms with E-state index in [0.29, 0.717) is 6.42 Å². The predicted molar refractivity (Wildman–Crippen MR) is 95.6 cm³/mol. The summed E-state index contributed by atoms with van der Waals surface area (Å²) < 4.78 is 10.9. The fourth-order valence-electron chi connectivity index (χ4n) is 3.98. The minimum atomic E-state index is -1.51. The first kappa shape index (κ1) is 22.4. The summed E-state index contributed by atoms with van der Waals surface area (Å²) >= 11 is 0. The number of aliphatic hydroxyl groups excluding tert-OH is 4.